The summed E-state index contributed by atoms with van der Waals surface area (Å²) in [7, 11) is 0. The zero-order chi connectivity index (χ0) is 10.6. The molecular weight excluding hydrogens is 194 g/mol. The summed E-state index contributed by atoms with van der Waals surface area (Å²) in [6.45, 7) is 6.49. The van der Waals surface area contributed by atoms with Crippen molar-refractivity contribution in [3.8, 4) is 0 Å². The maximum Gasteiger partial charge on any atom is 0.0470 e. The van der Waals surface area contributed by atoms with Crippen LogP contribution in [0.3, 0.4) is 0 Å². The molecular formula is C12H16ClN. The summed E-state index contributed by atoms with van der Waals surface area (Å²) >= 11 is 5.92. The largest absolute Gasteiger partial charge is 0.321 e. The Morgan fingerprint density at radius 2 is 1.93 bits per heavy atom. The number of rotatable bonds is 1. The quantitative estimate of drug-likeness (QED) is 0.755. The first-order chi connectivity index (χ1) is 6.37. The average molecular weight is 210 g/mol. The van der Waals surface area contributed by atoms with Crippen molar-refractivity contribution in [2.45, 2.75) is 32.7 Å². The van der Waals surface area contributed by atoms with E-state index < -0.39 is 0 Å². The van der Waals surface area contributed by atoms with E-state index in [0.717, 1.165) is 11.4 Å². The Kier molecular flexibility index (Phi) is 1.96. The van der Waals surface area contributed by atoms with Gasteiger partial charge in [0.05, 0.1) is 0 Å². The van der Waals surface area contributed by atoms with Gasteiger partial charge in [0, 0.05) is 10.6 Å². The van der Waals surface area contributed by atoms with E-state index in [4.69, 9.17) is 17.3 Å². The van der Waals surface area contributed by atoms with E-state index in [1.807, 2.05) is 12.1 Å². The SMILES string of the molecule is Cc1cc(Cl)ccc1C1(N)CC1(C)C. The second-order valence-electron chi connectivity index (χ2n) is 4.99. The number of hydrogen-bond donors (Lipinski definition) is 1. The van der Waals surface area contributed by atoms with Gasteiger partial charge in [-0.25, -0.2) is 0 Å². The van der Waals surface area contributed by atoms with Gasteiger partial charge in [0.15, 0.2) is 0 Å². The summed E-state index contributed by atoms with van der Waals surface area (Å²) in [5, 5.41) is 0.785. The lowest BCUT2D eigenvalue weighted by Crippen LogP contribution is -2.26. The number of aryl methyl sites for hydroxylation is 1. The topological polar surface area (TPSA) is 26.0 Å². The number of hydrogen-bond acceptors (Lipinski definition) is 1. The molecule has 2 heteroatoms. The predicted octanol–water partition coefficient (Wildman–Crippen LogP) is 3.23. The van der Waals surface area contributed by atoms with Crippen molar-refractivity contribution in [3.05, 3.63) is 34.3 Å². The minimum atomic E-state index is -0.137. The highest BCUT2D eigenvalue weighted by Crippen LogP contribution is 2.60. The first kappa shape index (κ1) is 10.0. The third kappa shape index (κ3) is 1.27. The van der Waals surface area contributed by atoms with Crippen LogP contribution in [0.15, 0.2) is 18.2 Å². The van der Waals surface area contributed by atoms with Gasteiger partial charge in [0.1, 0.15) is 0 Å². The molecule has 0 saturated heterocycles. The van der Waals surface area contributed by atoms with Gasteiger partial charge >= 0.3 is 0 Å². The Morgan fingerprint density at radius 1 is 1.36 bits per heavy atom. The van der Waals surface area contributed by atoms with Crippen molar-refractivity contribution in [2.75, 3.05) is 0 Å². The van der Waals surface area contributed by atoms with Crippen LogP contribution in [0.1, 0.15) is 31.4 Å². The van der Waals surface area contributed by atoms with Gasteiger partial charge in [-0.1, -0.05) is 31.5 Å². The molecule has 0 radical (unpaired) electrons. The number of nitrogens with two attached hydrogens (primary N) is 1. The van der Waals surface area contributed by atoms with Crippen molar-refractivity contribution in [1.82, 2.24) is 0 Å². The summed E-state index contributed by atoms with van der Waals surface area (Å²) in [5.41, 5.74) is 8.89. The van der Waals surface area contributed by atoms with Crippen LogP contribution in [0, 0.1) is 12.3 Å². The van der Waals surface area contributed by atoms with Crippen LogP contribution in [0.2, 0.25) is 5.02 Å². The summed E-state index contributed by atoms with van der Waals surface area (Å²) < 4.78 is 0. The summed E-state index contributed by atoms with van der Waals surface area (Å²) in [6.07, 6.45) is 1.06. The van der Waals surface area contributed by atoms with Crippen LogP contribution < -0.4 is 5.73 Å². The molecule has 0 bridgehead atoms. The molecule has 0 aliphatic heterocycles. The van der Waals surface area contributed by atoms with Gasteiger partial charge in [-0.05, 0) is 42.0 Å². The third-order valence-electron chi connectivity index (χ3n) is 3.47. The van der Waals surface area contributed by atoms with Crippen LogP contribution >= 0.6 is 11.6 Å². The fraction of sp³-hybridized carbons (Fsp3) is 0.500. The van der Waals surface area contributed by atoms with E-state index >= 15 is 0 Å². The molecule has 1 aliphatic rings. The molecule has 1 aromatic rings. The van der Waals surface area contributed by atoms with E-state index in [0.29, 0.717) is 0 Å². The number of benzene rings is 1. The van der Waals surface area contributed by atoms with Crippen molar-refractivity contribution in [2.24, 2.45) is 11.1 Å². The Morgan fingerprint density at radius 3 is 2.36 bits per heavy atom. The molecule has 1 unspecified atom stereocenters. The van der Waals surface area contributed by atoms with E-state index in [2.05, 4.69) is 26.8 Å². The molecule has 0 heterocycles. The van der Waals surface area contributed by atoms with Gasteiger partial charge in [-0.15, -0.1) is 0 Å². The van der Waals surface area contributed by atoms with E-state index in [1.165, 1.54) is 11.1 Å². The Balaban J connectivity index is 2.45. The predicted molar refractivity (Wildman–Crippen MR) is 60.5 cm³/mol. The second-order valence-corrected chi connectivity index (χ2v) is 5.43. The summed E-state index contributed by atoms with van der Waals surface area (Å²) in [4.78, 5) is 0. The van der Waals surface area contributed by atoms with Gasteiger partial charge in [0.25, 0.3) is 0 Å². The highest BCUT2D eigenvalue weighted by Gasteiger charge is 2.59. The van der Waals surface area contributed by atoms with E-state index in [9.17, 15) is 0 Å². The zero-order valence-corrected chi connectivity index (χ0v) is 9.65. The van der Waals surface area contributed by atoms with E-state index in [1.54, 1.807) is 0 Å². The summed E-state index contributed by atoms with van der Waals surface area (Å²) in [6, 6.07) is 5.97. The molecule has 0 amide bonds. The van der Waals surface area contributed by atoms with E-state index in [-0.39, 0.29) is 11.0 Å². The fourth-order valence-corrected chi connectivity index (χ4v) is 2.47. The molecule has 1 nitrogen and oxygen atoms in total. The Hall–Kier alpha value is -0.530. The zero-order valence-electron chi connectivity index (χ0n) is 8.89. The fourth-order valence-electron chi connectivity index (χ4n) is 2.24. The minimum absolute atomic E-state index is 0.137. The van der Waals surface area contributed by atoms with Crippen LogP contribution in [0.5, 0.6) is 0 Å². The van der Waals surface area contributed by atoms with Crippen molar-refractivity contribution < 1.29 is 0 Å². The molecule has 1 saturated carbocycles. The van der Waals surface area contributed by atoms with Crippen molar-refractivity contribution in [1.29, 1.82) is 0 Å². The van der Waals surface area contributed by atoms with Crippen molar-refractivity contribution in [3.63, 3.8) is 0 Å². The lowest BCUT2D eigenvalue weighted by molar-refractivity contribution is 0.508. The smallest absolute Gasteiger partial charge is 0.0470 e. The lowest BCUT2D eigenvalue weighted by atomic mass is 9.93. The van der Waals surface area contributed by atoms with Gasteiger partial charge in [-0.2, -0.15) is 0 Å². The lowest BCUT2D eigenvalue weighted by Gasteiger charge is -2.18. The van der Waals surface area contributed by atoms with Crippen LogP contribution in [0.4, 0.5) is 0 Å². The minimum Gasteiger partial charge on any atom is -0.321 e. The monoisotopic (exact) mass is 209 g/mol. The van der Waals surface area contributed by atoms with Gasteiger partial charge < -0.3 is 5.73 Å². The molecule has 0 spiro atoms. The van der Waals surface area contributed by atoms with Crippen molar-refractivity contribution >= 4 is 11.6 Å². The first-order valence-electron chi connectivity index (χ1n) is 4.92. The molecule has 76 valence electrons. The Bertz CT molecular complexity index is 384. The molecule has 0 aromatic heterocycles. The number of halogens is 1. The molecule has 2 N–H and O–H groups in total. The van der Waals surface area contributed by atoms with Crippen LogP contribution in [0.25, 0.3) is 0 Å². The third-order valence-corrected chi connectivity index (χ3v) is 3.71. The molecule has 1 aromatic carbocycles. The van der Waals surface area contributed by atoms with Gasteiger partial charge in [-0.3, -0.25) is 0 Å². The van der Waals surface area contributed by atoms with Gasteiger partial charge in [0.2, 0.25) is 0 Å². The molecule has 14 heavy (non-hydrogen) atoms. The highest BCUT2D eigenvalue weighted by atomic mass is 35.5. The maximum atomic E-state index is 6.35. The second kappa shape index (κ2) is 2.74. The normalized spacial score (nSPS) is 28.9. The first-order valence-corrected chi connectivity index (χ1v) is 5.30. The molecule has 1 fully saturated rings. The summed E-state index contributed by atoms with van der Waals surface area (Å²) in [5.74, 6) is 0. The van der Waals surface area contributed by atoms with Crippen LogP contribution in [-0.4, -0.2) is 0 Å². The molecule has 1 atom stereocenters. The maximum absolute atomic E-state index is 6.35. The standard InChI is InChI=1S/C12H16ClN/c1-8-6-9(13)4-5-10(8)12(14)7-11(12,2)3/h4-6H,7,14H2,1-3H3. The highest BCUT2D eigenvalue weighted by molar-refractivity contribution is 6.30. The molecule has 1 aliphatic carbocycles. The van der Waals surface area contributed by atoms with Crippen LogP contribution in [-0.2, 0) is 5.54 Å². The average Bonchev–Trinajstić information content (AvgIpc) is 2.50. The Labute approximate surface area is 90.3 Å². The molecule has 2 rings (SSSR count).